The van der Waals surface area contributed by atoms with E-state index in [0.717, 1.165) is 11.1 Å². The maximum atomic E-state index is 4.46. The van der Waals surface area contributed by atoms with Crippen molar-refractivity contribution in [1.29, 1.82) is 0 Å². The zero-order valence-corrected chi connectivity index (χ0v) is 9.09. The second-order valence-corrected chi connectivity index (χ2v) is 3.92. The van der Waals surface area contributed by atoms with E-state index in [4.69, 9.17) is 0 Å². The Hall–Kier alpha value is -2.09. The average Bonchev–Trinajstić information content (AvgIpc) is 2.72. The van der Waals surface area contributed by atoms with Gasteiger partial charge in [0, 0.05) is 25.0 Å². The molecule has 16 heavy (non-hydrogen) atoms. The number of benzene rings is 1. The molecule has 78 valence electrons. The Kier molecular flexibility index (Phi) is 2.00. The standard InChI is InChI=1S/C14H12N2/c1-16-8-7-13-14(16)9-12(10-15-13)11-5-3-2-4-6-11/h2-10H,1H3. The van der Waals surface area contributed by atoms with Gasteiger partial charge >= 0.3 is 0 Å². The summed E-state index contributed by atoms with van der Waals surface area (Å²) in [5.41, 5.74) is 4.58. The SMILES string of the molecule is Cn1ccc2ncc(-c3ccccc3)cc21. The molecule has 0 radical (unpaired) electrons. The molecule has 3 rings (SSSR count). The third-order valence-corrected chi connectivity index (χ3v) is 2.84. The molecule has 0 atom stereocenters. The van der Waals surface area contributed by atoms with Gasteiger partial charge in [0.05, 0.1) is 11.0 Å². The third-order valence-electron chi connectivity index (χ3n) is 2.84. The lowest BCUT2D eigenvalue weighted by Gasteiger charge is -2.02. The van der Waals surface area contributed by atoms with E-state index in [1.54, 1.807) is 0 Å². The summed E-state index contributed by atoms with van der Waals surface area (Å²) in [7, 11) is 2.04. The second-order valence-electron chi connectivity index (χ2n) is 3.92. The molecule has 0 aliphatic rings. The summed E-state index contributed by atoms with van der Waals surface area (Å²) in [5, 5.41) is 0. The molecule has 0 N–H and O–H groups in total. The van der Waals surface area contributed by atoms with Crippen molar-refractivity contribution in [3.8, 4) is 11.1 Å². The summed E-state index contributed by atoms with van der Waals surface area (Å²) in [4.78, 5) is 4.46. The molecule has 0 bridgehead atoms. The summed E-state index contributed by atoms with van der Waals surface area (Å²) in [6.07, 6.45) is 3.96. The summed E-state index contributed by atoms with van der Waals surface area (Å²) in [6, 6.07) is 14.5. The largest absolute Gasteiger partial charge is 0.349 e. The fraction of sp³-hybridized carbons (Fsp3) is 0.0714. The van der Waals surface area contributed by atoms with Crippen LogP contribution < -0.4 is 0 Å². The van der Waals surface area contributed by atoms with Gasteiger partial charge in [-0.05, 0) is 17.7 Å². The van der Waals surface area contributed by atoms with Crippen LogP contribution in [0, 0.1) is 0 Å². The highest BCUT2D eigenvalue weighted by molar-refractivity contribution is 5.81. The van der Waals surface area contributed by atoms with Crippen LogP contribution in [0.2, 0.25) is 0 Å². The van der Waals surface area contributed by atoms with Gasteiger partial charge in [-0.25, -0.2) is 0 Å². The molecule has 0 amide bonds. The van der Waals surface area contributed by atoms with Crippen LogP contribution >= 0.6 is 0 Å². The molecule has 0 aliphatic carbocycles. The predicted octanol–water partition coefficient (Wildman–Crippen LogP) is 3.24. The van der Waals surface area contributed by atoms with Crippen molar-refractivity contribution in [2.24, 2.45) is 7.05 Å². The molecule has 2 heteroatoms. The van der Waals surface area contributed by atoms with Gasteiger partial charge in [-0.1, -0.05) is 30.3 Å². The monoisotopic (exact) mass is 208 g/mol. The van der Waals surface area contributed by atoms with Gasteiger partial charge in [0.2, 0.25) is 0 Å². The predicted molar refractivity (Wildman–Crippen MR) is 66.2 cm³/mol. The van der Waals surface area contributed by atoms with Gasteiger partial charge in [-0.15, -0.1) is 0 Å². The number of hydrogen-bond donors (Lipinski definition) is 0. The van der Waals surface area contributed by atoms with Crippen LogP contribution in [0.3, 0.4) is 0 Å². The summed E-state index contributed by atoms with van der Waals surface area (Å²) in [6.45, 7) is 0. The molecule has 3 aromatic rings. The van der Waals surface area contributed by atoms with E-state index in [2.05, 4.69) is 27.8 Å². The molecule has 2 aromatic heterocycles. The maximum absolute atomic E-state index is 4.46. The number of aromatic nitrogens is 2. The van der Waals surface area contributed by atoms with Crippen molar-refractivity contribution >= 4 is 11.0 Å². The lowest BCUT2D eigenvalue weighted by molar-refractivity contribution is 0.968. The normalized spacial score (nSPS) is 10.8. The van der Waals surface area contributed by atoms with Gasteiger partial charge in [0.15, 0.2) is 0 Å². The highest BCUT2D eigenvalue weighted by Crippen LogP contribution is 2.22. The average molecular weight is 208 g/mol. The van der Waals surface area contributed by atoms with E-state index in [9.17, 15) is 0 Å². The number of nitrogens with zero attached hydrogens (tertiary/aromatic N) is 2. The minimum Gasteiger partial charge on any atom is -0.349 e. The number of rotatable bonds is 1. The quantitative estimate of drug-likeness (QED) is 0.600. The van der Waals surface area contributed by atoms with Gasteiger partial charge in [-0.3, -0.25) is 4.98 Å². The van der Waals surface area contributed by atoms with Crippen molar-refractivity contribution in [2.75, 3.05) is 0 Å². The molecule has 0 saturated carbocycles. The van der Waals surface area contributed by atoms with Crippen LogP contribution in [-0.4, -0.2) is 9.55 Å². The number of hydrogen-bond acceptors (Lipinski definition) is 1. The number of aryl methyl sites for hydroxylation is 1. The maximum Gasteiger partial charge on any atom is 0.0881 e. The minimum atomic E-state index is 1.04. The molecule has 0 unspecified atom stereocenters. The van der Waals surface area contributed by atoms with Crippen LogP contribution in [0.1, 0.15) is 0 Å². The van der Waals surface area contributed by atoms with E-state index in [1.165, 1.54) is 11.1 Å². The summed E-state index contributed by atoms with van der Waals surface area (Å²) >= 11 is 0. The van der Waals surface area contributed by atoms with E-state index in [1.807, 2.05) is 43.7 Å². The molecule has 1 aromatic carbocycles. The Labute approximate surface area is 94.2 Å². The molecular formula is C14H12N2. The van der Waals surface area contributed by atoms with E-state index in [0.29, 0.717) is 0 Å². The van der Waals surface area contributed by atoms with Crippen LogP contribution in [-0.2, 0) is 7.05 Å². The van der Waals surface area contributed by atoms with Gasteiger partial charge < -0.3 is 4.57 Å². The zero-order valence-electron chi connectivity index (χ0n) is 9.09. The van der Waals surface area contributed by atoms with E-state index < -0.39 is 0 Å². The van der Waals surface area contributed by atoms with Crippen LogP contribution in [0.5, 0.6) is 0 Å². The molecule has 2 nitrogen and oxygen atoms in total. The minimum absolute atomic E-state index is 1.04. The van der Waals surface area contributed by atoms with Gasteiger partial charge in [0.1, 0.15) is 0 Å². The smallest absolute Gasteiger partial charge is 0.0881 e. The lowest BCUT2D eigenvalue weighted by atomic mass is 10.1. The lowest BCUT2D eigenvalue weighted by Crippen LogP contribution is -1.86. The first-order valence-electron chi connectivity index (χ1n) is 5.31. The molecule has 0 aliphatic heterocycles. The number of fused-ring (bicyclic) bond motifs is 1. The summed E-state index contributed by atoms with van der Waals surface area (Å²) in [5.74, 6) is 0. The van der Waals surface area contributed by atoms with Crippen molar-refractivity contribution in [1.82, 2.24) is 9.55 Å². The third kappa shape index (κ3) is 1.39. The van der Waals surface area contributed by atoms with Crippen LogP contribution in [0.25, 0.3) is 22.2 Å². The topological polar surface area (TPSA) is 17.8 Å². The Balaban J connectivity index is 2.22. The summed E-state index contributed by atoms with van der Waals surface area (Å²) < 4.78 is 2.09. The first-order chi connectivity index (χ1) is 7.84. The van der Waals surface area contributed by atoms with Gasteiger partial charge in [0.25, 0.3) is 0 Å². The first kappa shape index (κ1) is 9.16. The molecule has 2 heterocycles. The Bertz CT molecular complexity index is 624. The molecular weight excluding hydrogens is 196 g/mol. The van der Waals surface area contributed by atoms with Crippen molar-refractivity contribution in [2.45, 2.75) is 0 Å². The fourth-order valence-electron chi connectivity index (χ4n) is 1.93. The van der Waals surface area contributed by atoms with Crippen molar-refractivity contribution in [3.63, 3.8) is 0 Å². The van der Waals surface area contributed by atoms with Crippen molar-refractivity contribution < 1.29 is 0 Å². The van der Waals surface area contributed by atoms with Gasteiger partial charge in [-0.2, -0.15) is 0 Å². The molecule has 0 fully saturated rings. The van der Waals surface area contributed by atoms with E-state index >= 15 is 0 Å². The highest BCUT2D eigenvalue weighted by Gasteiger charge is 2.02. The Morgan fingerprint density at radius 2 is 1.81 bits per heavy atom. The van der Waals surface area contributed by atoms with E-state index in [-0.39, 0.29) is 0 Å². The zero-order chi connectivity index (χ0) is 11.0. The molecule has 0 spiro atoms. The second kappa shape index (κ2) is 3.49. The van der Waals surface area contributed by atoms with Crippen LogP contribution in [0.4, 0.5) is 0 Å². The highest BCUT2D eigenvalue weighted by atomic mass is 14.9. The van der Waals surface area contributed by atoms with Crippen LogP contribution in [0.15, 0.2) is 54.9 Å². The Morgan fingerprint density at radius 3 is 2.62 bits per heavy atom. The fourth-order valence-corrected chi connectivity index (χ4v) is 1.93. The number of pyridine rings is 1. The Morgan fingerprint density at radius 1 is 1.00 bits per heavy atom. The van der Waals surface area contributed by atoms with Crippen molar-refractivity contribution in [3.05, 3.63) is 54.9 Å². The first-order valence-corrected chi connectivity index (χ1v) is 5.31. The molecule has 0 saturated heterocycles.